The van der Waals surface area contributed by atoms with E-state index in [1.54, 1.807) is 11.6 Å². The molecular weight excluding hydrogens is 476 g/mol. The average molecular weight is 513 g/mol. The Morgan fingerprint density at radius 1 is 1.16 bits per heavy atom. The van der Waals surface area contributed by atoms with E-state index in [9.17, 15) is 9.90 Å². The molecule has 0 fully saturated rings. The molecule has 198 valence electrons. The number of carboxylic acids is 1. The van der Waals surface area contributed by atoms with Gasteiger partial charge in [0.15, 0.2) is 0 Å². The molecule has 4 aromatic rings. The number of hydrogen-bond acceptors (Lipinski definition) is 5. The molecule has 1 aliphatic heterocycles. The van der Waals surface area contributed by atoms with E-state index >= 15 is 0 Å². The smallest absolute Gasteiger partial charge is 0.307 e. The first-order valence-electron chi connectivity index (χ1n) is 13.3. The third-order valence-corrected chi connectivity index (χ3v) is 8.01. The summed E-state index contributed by atoms with van der Waals surface area (Å²) in [5.74, 6) is -0.767. The highest BCUT2D eigenvalue weighted by atomic mass is 16.5. The molecule has 0 aliphatic carbocycles. The molecule has 38 heavy (non-hydrogen) atoms. The minimum atomic E-state index is -0.817. The molecule has 1 aromatic heterocycles. The summed E-state index contributed by atoms with van der Waals surface area (Å²) in [7, 11) is 1.87. The maximum atomic E-state index is 12.3. The van der Waals surface area contributed by atoms with Crippen molar-refractivity contribution >= 4 is 17.0 Å². The number of aromatic nitrogens is 3. The van der Waals surface area contributed by atoms with Crippen LogP contribution in [0, 0.1) is 19.8 Å². The van der Waals surface area contributed by atoms with Gasteiger partial charge in [-0.15, -0.1) is 5.10 Å². The van der Waals surface area contributed by atoms with E-state index in [1.165, 1.54) is 16.7 Å². The Bertz CT molecular complexity index is 1480. The fourth-order valence-electron chi connectivity index (χ4n) is 5.65. The topological polar surface area (TPSA) is 80.5 Å². The first-order valence-corrected chi connectivity index (χ1v) is 13.3. The van der Waals surface area contributed by atoms with Gasteiger partial charge in [-0.3, -0.25) is 9.69 Å². The fourth-order valence-corrected chi connectivity index (χ4v) is 5.65. The van der Waals surface area contributed by atoms with Crippen LogP contribution in [0.2, 0.25) is 0 Å². The number of aliphatic carboxylic acids is 1. The lowest BCUT2D eigenvalue weighted by atomic mass is 9.79. The summed E-state index contributed by atoms with van der Waals surface area (Å²) < 4.78 is 8.06. The van der Waals surface area contributed by atoms with Crippen LogP contribution in [0.25, 0.3) is 11.0 Å². The first kappa shape index (κ1) is 25.9. The van der Waals surface area contributed by atoms with Gasteiger partial charge in [0, 0.05) is 38.2 Å². The Balaban J connectivity index is 1.53. The van der Waals surface area contributed by atoms with Crippen molar-refractivity contribution in [2.45, 2.75) is 59.2 Å². The minimum Gasteiger partial charge on any atom is -0.489 e. The summed E-state index contributed by atoms with van der Waals surface area (Å²) in [6.07, 6.45) is 1.06. The van der Waals surface area contributed by atoms with E-state index in [0.29, 0.717) is 0 Å². The number of nitrogens with zero attached hydrogens (tertiary/aromatic N) is 4. The molecule has 1 unspecified atom stereocenters. The van der Waals surface area contributed by atoms with Crippen molar-refractivity contribution in [1.29, 1.82) is 0 Å². The Morgan fingerprint density at radius 2 is 1.95 bits per heavy atom. The molecule has 0 saturated carbocycles. The maximum Gasteiger partial charge on any atom is 0.307 e. The van der Waals surface area contributed by atoms with Crippen molar-refractivity contribution in [3.05, 3.63) is 88.0 Å². The SMILES string of the molecule is CCC1CN(Cc2cc([C@@H](c3ccc4c(nnn4C)c3C)[C@H](C)C(=O)O)ccc2C)Cc2ccccc2O1. The predicted octanol–water partition coefficient (Wildman–Crippen LogP) is 5.61. The second-order valence-electron chi connectivity index (χ2n) is 10.6. The number of aryl methyl sites for hydroxylation is 3. The van der Waals surface area contributed by atoms with E-state index < -0.39 is 11.9 Å². The lowest BCUT2D eigenvalue weighted by Gasteiger charge is -2.27. The van der Waals surface area contributed by atoms with Gasteiger partial charge in [0.25, 0.3) is 0 Å². The molecule has 1 aliphatic rings. The van der Waals surface area contributed by atoms with Crippen molar-refractivity contribution < 1.29 is 14.6 Å². The van der Waals surface area contributed by atoms with Crippen LogP contribution >= 0.6 is 0 Å². The number of ether oxygens (including phenoxy) is 1. The summed E-state index contributed by atoms with van der Waals surface area (Å²) in [5.41, 5.74) is 8.31. The van der Waals surface area contributed by atoms with Crippen molar-refractivity contribution in [3.8, 4) is 5.75 Å². The molecule has 7 heteroatoms. The van der Waals surface area contributed by atoms with E-state index in [4.69, 9.17) is 4.74 Å². The summed E-state index contributed by atoms with van der Waals surface area (Å²) in [6, 6.07) is 18.7. The molecule has 5 rings (SSSR count). The van der Waals surface area contributed by atoms with Gasteiger partial charge in [-0.2, -0.15) is 0 Å². The van der Waals surface area contributed by atoms with Gasteiger partial charge in [-0.25, -0.2) is 4.68 Å². The summed E-state index contributed by atoms with van der Waals surface area (Å²) in [5, 5.41) is 18.6. The molecular formula is C31H36N4O3. The Morgan fingerprint density at radius 3 is 2.71 bits per heavy atom. The van der Waals surface area contributed by atoms with Gasteiger partial charge in [0.1, 0.15) is 17.4 Å². The normalized spacial score (nSPS) is 17.4. The summed E-state index contributed by atoms with van der Waals surface area (Å²) in [6.45, 7) is 10.5. The molecule has 7 nitrogen and oxygen atoms in total. The van der Waals surface area contributed by atoms with Crippen molar-refractivity contribution in [2.75, 3.05) is 6.54 Å². The highest BCUT2D eigenvalue weighted by molar-refractivity contribution is 5.80. The number of hydrogen-bond donors (Lipinski definition) is 1. The maximum absolute atomic E-state index is 12.3. The number of benzene rings is 3. The van der Waals surface area contributed by atoms with Crippen LogP contribution in [-0.2, 0) is 24.9 Å². The highest BCUT2D eigenvalue weighted by Gasteiger charge is 2.30. The van der Waals surface area contributed by atoms with Gasteiger partial charge in [-0.05, 0) is 60.2 Å². The van der Waals surface area contributed by atoms with Crippen LogP contribution in [-0.4, -0.2) is 43.6 Å². The lowest BCUT2D eigenvalue weighted by Crippen LogP contribution is -2.32. The predicted molar refractivity (Wildman–Crippen MR) is 148 cm³/mol. The van der Waals surface area contributed by atoms with E-state index in [1.807, 2.05) is 32.2 Å². The summed E-state index contributed by atoms with van der Waals surface area (Å²) in [4.78, 5) is 14.7. The Hall–Kier alpha value is -3.71. The van der Waals surface area contributed by atoms with Gasteiger partial charge >= 0.3 is 5.97 Å². The van der Waals surface area contributed by atoms with Crippen LogP contribution in [0.1, 0.15) is 59.6 Å². The van der Waals surface area contributed by atoms with Crippen LogP contribution < -0.4 is 4.74 Å². The number of rotatable bonds is 7. The monoisotopic (exact) mass is 512 g/mol. The molecule has 0 spiro atoms. The van der Waals surface area contributed by atoms with E-state index in [0.717, 1.165) is 59.5 Å². The largest absolute Gasteiger partial charge is 0.489 e. The minimum absolute atomic E-state index is 0.128. The molecule has 0 radical (unpaired) electrons. The van der Waals surface area contributed by atoms with Crippen LogP contribution in [0.4, 0.5) is 0 Å². The first-order chi connectivity index (χ1) is 18.3. The average Bonchev–Trinajstić information content (AvgIpc) is 3.18. The quantitative estimate of drug-likeness (QED) is 0.347. The van der Waals surface area contributed by atoms with Crippen molar-refractivity contribution in [2.24, 2.45) is 13.0 Å². The zero-order chi connectivity index (χ0) is 27.0. The van der Waals surface area contributed by atoms with Gasteiger partial charge in [0.05, 0.1) is 11.4 Å². The third-order valence-electron chi connectivity index (χ3n) is 8.01. The van der Waals surface area contributed by atoms with Gasteiger partial charge in [0.2, 0.25) is 0 Å². The van der Waals surface area contributed by atoms with Gasteiger partial charge < -0.3 is 9.84 Å². The molecule has 0 amide bonds. The fraction of sp³-hybridized carbons (Fsp3) is 0.387. The molecule has 0 saturated heterocycles. The number of carboxylic acid groups (broad SMARTS) is 1. The zero-order valence-electron chi connectivity index (χ0n) is 22.8. The Labute approximate surface area is 224 Å². The van der Waals surface area contributed by atoms with Crippen molar-refractivity contribution in [1.82, 2.24) is 19.9 Å². The Kier molecular flexibility index (Phi) is 7.21. The molecule has 3 aromatic carbocycles. The van der Waals surface area contributed by atoms with Crippen LogP contribution in [0.3, 0.4) is 0 Å². The standard InChI is InChI=1S/C31H36N4O3/c1-6-25-18-35(16-23-9-7-8-10-28(23)38-25)17-24-15-22(12-11-19(24)2)29(21(4)31(36)37)26-13-14-27-30(20(26)3)32-33-34(27)5/h7-15,21,25,29H,6,16-18H2,1-5H3,(H,36,37)/t21-,25?,29-/m0/s1. The van der Waals surface area contributed by atoms with Crippen LogP contribution in [0.5, 0.6) is 5.75 Å². The van der Waals surface area contributed by atoms with E-state index in [-0.39, 0.29) is 12.0 Å². The molecule has 2 heterocycles. The number of para-hydroxylation sites is 1. The summed E-state index contributed by atoms with van der Waals surface area (Å²) >= 11 is 0. The molecule has 3 atom stereocenters. The third kappa shape index (κ3) is 4.90. The second-order valence-corrected chi connectivity index (χ2v) is 10.6. The van der Waals surface area contributed by atoms with E-state index in [2.05, 4.69) is 65.5 Å². The number of fused-ring (bicyclic) bond motifs is 2. The second kappa shape index (κ2) is 10.6. The highest BCUT2D eigenvalue weighted by Crippen LogP contribution is 2.37. The number of carbonyl (C=O) groups is 1. The van der Waals surface area contributed by atoms with Gasteiger partial charge in [-0.1, -0.05) is 61.5 Å². The van der Waals surface area contributed by atoms with Crippen molar-refractivity contribution in [3.63, 3.8) is 0 Å². The molecule has 1 N–H and O–H groups in total. The van der Waals surface area contributed by atoms with Crippen LogP contribution in [0.15, 0.2) is 54.6 Å². The molecule has 0 bridgehead atoms. The zero-order valence-corrected chi connectivity index (χ0v) is 22.8. The lowest BCUT2D eigenvalue weighted by molar-refractivity contribution is -0.141.